The summed E-state index contributed by atoms with van der Waals surface area (Å²) < 4.78 is 10.8. The number of carbonyl (C=O) groups is 1. The van der Waals surface area contributed by atoms with E-state index in [1.54, 1.807) is 31.6 Å². The van der Waals surface area contributed by atoms with E-state index in [9.17, 15) is 4.79 Å². The molecular weight excluding hydrogens is 382 g/mol. The average molecular weight is 407 g/mol. The molecule has 0 saturated heterocycles. The number of fused-ring (bicyclic) bond motifs is 2. The first-order valence-electron chi connectivity index (χ1n) is 9.70. The van der Waals surface area contributed by atoms with Crippen molar-refractivity contribution >= 4 is 28.4 Å². The second-order valence-corrected chi connectivity index (χ2v) is 8.66. The van der Waals surface area contributed by atoms with Crippen molar-refractivity contribution in [1.82, 2.24) is 15.0 Å². The van der Waals surface area contributed by atoms with Gasteiger partial charge in [-0.1, -0.05) is 0 Å². The van der Waals surface area contributed by atoms with Crippen LogP contribution in [0, 0.1) is 0 Å². The van der Waals surface area contributed by atoms with E-state index in [1.807, 2.05) is 33.8 Å². The number of nitrogens with zero attached hydrogens (tertiary/aromatic N) is 3. The lowest BCUT2D eigenvalue weighted by molar-refractivity contribution is -0.00714. The number of rotatable bonds is 4. The van der Waals surface area contributed by atoms with Crippen LogP contribution in [0.1, 0.15) is 49.3 Å². The van der Waals surface area contributed by atoms with Gasteiger partial charge in [-0.05, 0) is 56.8 Å². The highest BCUT2D eigenvalue weighted by Crippen LogP contribution is 2.33. The van der Waals surface area contributed by atoms with E-state index in [0.29, 0.717) is 35.2 Å². The molecule has 0 spiro atoms. The van der Waals surface area contributed by atoms with Crippen molar-refractivity contribution in [3.63, 3.8) is 0 Å². The smallest absolute Gasteiger partial charge is 0.340 e. The minimum atomic E-state index is -0.591. The molecule has 0 aromatic carbocycles. The van der Waals surface area contributed by atoms with E-state index >= 15 is 0 Å². The first-order valence-corrected chi connectivity index (χ1v) is 9.70. The Balaban J connectivity index is 1.74. The summed E-state index contributed by atoms with van der Waals surface area (Å²) in [6.45, 7) is 7.60. The molecule has 0 radical (unpaired) electrons. The molecule has 8 nitrogen and oxygen atoms in total. The normalized spacial score (nSPS) is 15.5. The van der Waals surface area contributed by atoms with Crippen LogP contribution in [0.2, 0.25) is 0 Å². The van der Waals surface area contributed by atoms with Gasteiger partial charge in [0.2, 0.25) is 5.88 Å². The number of nitrogens with two attached hydrogens (primary N) is 1. The Hall–Kier alpha value is -3.26. The summed E-state index contributed by atoms with van der Waals surface area (Å²) in [5, 5.41) is 4.91. The predicted octanol–water partition coefficient (Wildman–Crippen LogP) is 3.46. The zero-order valence-electron chi connectivity index (χ0n) is 17.7. The largest absolute Gasteiger partial charge is 0.481 e. The van der Waals surface area contributed by atoms with Crippen molar-refractivity contribution in [2.75, 3.05) is 12.4 Å². The van der Waals surface area contributed by atoms with Crippen molar-refractivity contribution in [2.24, 2.45) is 5.73 Å². The fourth-order valence-corrected chi connectivity index (χ4v) is 3.62. The predicted molar refractivity (Wildman–Crippen MR) is 114 cm³/mol. The molecule has 0 unspecified atom stereocenters. The summed E-state index contributed by atoms with van der Waals surface area (Å²) in [6, 6.07) is 5.37. The molecule has 3 aromatic heterocycles. The zero-order valence-corrected chi connectivity index (χ0v) is 17.7. The first-order chi connectivity index (χ1) is 14.1. The van der Waals surface area contributed by atoms with Gasteiger partial charge in [-0.3, -0.25) is 0 Å². The van der Waals surface area contributed by atoms with Crippen LogP contribution in [0.5, 0.6) is 5.88 Å². The van der Waals surface area contributed by atoms with Gasteiger partial charge in [0, 0.05) is 24.4 Å². The minimum Gasteiger partial charge on any atom is -0.481 e. The van der Waals surface area contributed by atoms with E-state index in [0.717, 1.165) is 16.3 Å². The quantitative estimate of drug-likeness (QED) is 0.632. The number of pyridine rings is 3. The minimum absolute atomic E-state index is 0.349. The summed E-state index contributed by atoms with van der Waals surface area (Å²) in [6.07, 6.45) is 3.98. The summed E-state index contributed by atoms with van der Waals surface area (Å²) in [5.74, 6) is 1.34. The maximum Gasteiger partial charge on any atom is 0.340 e. The van der Waals surface area contributed by atoms with Gasteiger partial charge in [-0.15, -0.1) is 0 Å². The van der Waals surface area contributed by atoms with Gasteiger partial charge < -0.3 is 20.5 Å². The van der Waals surface area contributed by atoms with Crippen LogP contribution in [0.4, 0.5) is 11.6 Å². The van der Waals surface area contributed by atoms with Gasteiger partial charge >= 0.3 is 5.97 Å². The van der Waals surface area contributed by atoms with E-state index in [1.165, 1.54) is 0 Å². The number of hydrogen-bond acceptors (Lipinski definition) is 8. The van der Waals surface area contributed by atoms with E-state index in [-0.39, 0.29) is 5.97 Å². The monoisotopic (exact) mass is 407 g/mol. The molecule has 0 saturated carbocycles. The van der Waals surface area contributed by atoms with Gasteiger partial charge in [0.15, 0.2) is 0 Å². The van der Waals surface area contributed by atoms with E-state index in [2.05, 4.69) is 20.3 Å². The van der Waals surface area contributed by atoms with Gasteiger partial charge in [-0.25, -0.2) is 19.7 Å². The fraction of sp³-hybridized carbons (Fsp3) is 0.364. The second-order valence-electron chi connectivity index (χ2n) is 8.66. The standard InChI is InChI=1S/C22H25N5O3/c1-21(2)9-16-12(20(28)30-21)6-7-17(26-16)27-18-8-13-14(10-24-18)19(29-5)25-11-15(13)22(3,4)23/h6-8,10-11H,9,23H2,1-5H3,(H,24,26,27). The molecule has 3 N–H and O–H groups in total. The lowest BCUT2D eigenvalue weighted by Gasteiger charge is -2.30. The van der Waals surface area contributed by atoms with Crippen molar-refractivity contribution in [3.8, 4) is 5.88 Å². The highest BCUT2D eigenvalue weighted by molar-refractivity contribution is 5.93. The molecule has 8 heteroatoms. The fourth-order valence-electron chi connectivity index (χ4n) is 3.62. The molecule has 3 aromatic rings. The van der Waals surface area contributed by atoms with Crippen molar-refractivity contribution in [2.45, 2.75) is 45.3 Å². The molecule has 0 atom stereocenters. The lowest BCUT2D eigenvalue weighted by atomic mass is 9.93. The lowest BCUT2D eigenvalue weighted by Crippen LogP contribution is -2.36. The number of carbonyl (C=O) groups excluding carboxylic acids is 1. The Morgan fingerprint density at radius 2 is 1.93 bits per heavy atom. The van der Waals surface area contributed by atoms with Crippen LogP contribution in [0.25, 0.3) is 10.8 Å². The van der Waals surface area contributed by atoms with Crippen LogP contribution in [0.15, 0.2) is 30.6 Å². The molecule has 0 bridgehead atoms. The average Bonchev–Trinajstić information content (AvgIpc) is 2.64. The Morgan fingerprint density at radius 3 is 2.63 bits per heavy atom. The van der Waals surface area contributed by atoms with Crippen LogP contribution < -0.4 is 15.8 Å². The number of hydrogen-bond donors (Lipinski definition) is 2. The second kappa shape index (κ2) is 6.91. The molecule has 0 aliphatic carbocycles. The van der Waals surface area contributed by atoms with Crippen molar-refractivity contribution < 1.29 is 14.3 Å². The molecule has 0 amide bonds. The molecule has 4 rings (SSSR count). The molecule has 1 aliphatic heterocycles. The zero-order chi connectivity index (χ0) is 21.7. The van der Waals surface area contributed by atoms with Crippen molar-refractivity contribution in [3.05, 3.63) is 47.4 Å². The SMILES string of the molecule is COc1ncc(C(C)(C)N)c2cc(Nc3ccc4c(n3)CC(C)(C)OC4=O)ncc12. The number of aromatic nitrogens is 3. The van der Waals surface area contributed by atoms with Crippen LogP contribution in [-0.2, 0) is 16.7 Å². The maximum absolute atomic E-state index is 12.2. The Kier molecular flexibility index (Phi) is 4.62. The third kappa shape index (κ3) is 3.66. The Morgan fingerprint density at radius 1 is 1.17 bits per heavy atom. The number of anilines is 2. The topological polar surface area (TPSA) is 112 Å². The maximum atomic E-state index is 12.2. The van der Waals surface area contributed by atoms with Crippen LogP contribution in [-0.4, -0.2) is 33.6 Å². The number of nitrogens with one attached hydrogen (secondary N) is 1. The molecular formula is C22H25N5O3. The highest BCUT2D eigenvalue weighted by Gasteiger charge is 2.33. The highest BCUT2D eigenvalue weighted by atomic mass is 16.6. The third-order valence-corrected chi connectivity index (χ3v) is 5.04. The van der Waals surface area contributed by atoms with Crippen LogP contribution >= 0.6 is 0 Å². The van der Waals surface area contributed by atoms with Crippen molar-refractivity contribution in [1.29, 1.82) is 0 Å². The molecule has 0 fully saturated rings. The van der Waals surface area contributed by atoms with Gasteiger partial charge in [0.25, 0.3) is 0 Å². The number of ether oxygens (including phenoxy) is 2. The van der Waals surface area contributed by atoms with Gasteiger partial charge in [-0.2, -0.15) is 0 Å². The number of methoxy groups -OCH3 is 1. The Labute approximate surface area is 174 Å². The van der Waals surface area contributed by atoms with Crippen LogP contribution in [0.3, 0.4) is 0 Å². The summed E-state index contributed by atoms with van der Waals surface area (Å²) in [7, 11) is 1.57. The Bertz CT molecular complexity index is 1150. The number of cyclic esters (lactones) is 1. The van der Waals surface area contributed by atoms with Gasteiger partial charge in [0.1, 0.15) is 17.2 Å². The summed E-state index contributed by atoms with van der Waals surface area (Å²) in [5.41, 5.74) is 7.26. The molecule has 156 valence electrons. The first kappa shape index (κ1) is 20.0. The molecule has 4 heterocycles. The third-order valence-electron chi connectivity index (χ3n) is 5.04. The molecule has 30 heavy (non-hydrogen) atoms. The summed E-state index contributed by atoms with van der Waals surface area (Å²) >= 11 is 0. The molecule has 1 aliphatic rings. The summed E-state index contributed by atoms with van der Waals surface area (Å²) in [4.78, 5) is 25.7. The van der Waals surface area contributed by atoms with Gasteiger partial charge in [0.05, 0.1) is 23.8 Å². The van der Waals surface area contributed by atoms with E-state index < -0.39 is 11.1 Å². The van der Waals surface area contributed by atoms with E-state index in [4.69, 9.17) is 15.2 Å². The number of esters is 1.